The van der Waals surface area contributed by atoms with Crippen LogP contribution in [0.3, 0.4) is 0 Å². The molecule has 2 aromatic heterocycles. The second-order valence-corrected chi connectivity index (χ2v) is 9.72. The van der Waals surface area contributed by atoms with E-state index in [0.717, 1.165) is 44.7 Å². The third kappa shape index (κ3) is 4.66. The van der Waals surface area contributed by atoms with Crippen molar-refractivity contribution >= 4 is 28.8 Å². The second-order valence-electron chi connectivity index (χ2n) is 9.72. The average molecular weight is 539 g/mol. The Morgan fingerprint density at radius 2 is 2.05 bits per heavy atom. The number of amides is 2. The van der Waals surface area contributed by atoms with E-state index in [0.29, 0.717) is 36.4 Å². The van der Waals surface area contributed by atoms with Gasteiger partial charge in [0.25, 0.3) is 0 Å². The Hall–Kier alpha value is -5.04. The van der Waals surface area contributed by atoms with E-state index in [1.807, 2.05) is 43.8 Å². The SMILES string of the molecule is COc1ccc2c(c1)c(C=C1Oc3ccc(CNC(N)=O)cc3C1=O)c(-c1c(C)nn(C)c1C)n2CCCC#N. The van der Waals surface area contributed by atoms with Crippen molar-refractivity contribution in [1.29, 1.82) is 5.26 Å². The van der Waals surface area contributed by atoms with Crippen LogP contribution in [0, 0.1) is 25.2 Å². The largest absolute Gasteiger partial charge is 0.497 e. The van der Waals surface area contributed by atoms with Crippen LogP contribution in [0.25, 0.3) is 28.2 Å². The smallest absolute Gasteiger partial charge is 0.312 e. The van der Waals surface area contributed by atoms with Crippen LogP contribution in [0.1, 0.15) is 45.7 Å². The van der Waals surface area contributed by atoms with Crippen molar-refractivity contribution in [3.05, 3.63) is 70.2 Å². The first-order valence-corrected chi connectivity index (χ1v) is 12.9. The summed E-state index contributed by atoms with van der Waals surface area (Å²) in [6, 6.07) is 12.7. The lowest BCUT2D eigenvalue weighted by atomic mass is 10.0. The van der Waals surface area contributed by atoms with Crippen LogP contribution in [0.5, 0.6) is 11.5 Å². The van der Waals surface area contributed by atoms with Gasteiger partial charge >= 0.3 is 6.03 Å². The molecule has 0 aliphatic carbocycles. The summed E-state index contributed by atoms with van der Waals surface area (Å²) >= 11 is 0. The number of benzene rings is 2. The van der Waals surface area contributed by atoms with Gasteiger partial charge in [-0.15, -0.1) is 0 Å². The summed E-state index contributed by atoms with van der Waals surface area (Å²) in [5.41, 5.74) is 11.8. The summed E-state index contributed by atoms with van der Waals surface area (Å²) in [5.74, 6) is 1.06. The standard InChI is InChI=1S/C30H30N6O4/c1-17-27(18(2)35(3)34-17)28-22(21-14-20(39-4)8-9-24(21)36(28)12-6-5-11-31)15-26-29(37)23-13-19(16-33-30(32)38)7-10-25(23)40-26/h7-10,13-15H,5-6,12,16H2,1-4H3,(H3,32,33,38). The third-order valence-electron chi connectivity index (χ3n) is 7.20. The Balaban J connectivity index is 1.71. The number of Topliss-reactive ketones (excluding diaryl/α,β-unsaturated/α-hetero) is 1. The van der Waals surface area contributed by atoms with Gasteiger partial charge in [0.1, 0.15) is 11.5 Å². The van der Waals surface area contributed by atoms with E-state index in [2.05, 4.69) is 21.1 Å². The lowest BCUT2D eigenvalue weighted by molar-refractivity contribution is 0.101. The predicted molar refractivity (Wildman–Crippen MR) is 151 cm³/mol. The van der Waals surface area contributed by atoms with Gasteiger partial charge in [0.15, 0.2) is 5.76 Å². The average Bonchev–Trinajstić information content (AvgIpc) is 3.50. The Kier molecular flexibility index (Phi) is 7.05. The minimum Gasteiger partial charge on any atom is -0.497 e. The predicted octanol–water partition coefficient (Wildman–Crippen LogP) is 4.76. The molecule has 0 radical (unpaired) electrons. The molecule has 1 aliphatic heterocycles. The van der Waals surface area contributed by atoms with Crippen LogP contribution in [0.15, 0.2) is 42.2 Å². The fraction of sp³-hybridized carbons (Fsp3) is 0.267. The lowest BCUT2D eigenvalue weighted by Gasteiger charge is -2.12. The number of nitrogens with one attached hydrogen (secondary N) is 1. The highest BCUT2D eigenvalue weighted by Crippen LogP contribution is 2.41. The van der Waals surface area contributed by atoms with E-state index in [1.165, 1.54) is 0 Å². The van der Waals surface area contributed by atoms with Gasteiger partial charge in [0.05, 0.1) is 30.1 Å². The van der Waals surface area contributed by atoms with Gasteiger partial charge in [-0.3, -0.25) is 9.48 Å². The van der Waals surface area contributed by atoms with Crippen molar-refractivity contribution in [2.24, 2.45) is 12.8 Å². The normalized spacial score (nSPS) is 13.4. The molecule has 0 spiro atoms. The number of hydrogen-bond donors (Lipinski definition) is 2. The summed E-state index contributed by atoms with van der Waals surface area (Å²) in [7, 11) is 3.52. The van der Waals surface area contributed by atoms with Gasteiger partial charge < -0.3 is 25.1 Å². The molecule has 0 fully saturated rings. The van der Waals surface area contributed by atoms with Crippen LogP contribution in [0.4, 0.5) is 4.79 Å². The first-order chi connectivity index (χ1) is 19.2. The molecule has 0 bridgehead atoms. The molecule has 0 unspecified atom stereocenters. The van der Waals surface area contributed by atoms with Crippen molar-refractivity contribution in [2.75, 3.05) is 7.11 Å². The summed E-state index contributed by atoms with van der Waals surface area (Å²) in [4.78, 5) is 24.7. The number of carbonyl (C=O) groups is 2. The number of aromatic nitrogens is 3. The number of rotatable bonds is 8. The number of aryl methyl sites for hydroxylation is 3. The molecular weight excluding hydrogens is 508 g/mol. The quantitative estimate of drug-likeness (QED) is 0.245. The van der Waals surface area contributed by atoms with Gasteiger partial charge in [-0.2, -0.15) is 10.4 Å². The van der Waals surface area contributed by atoms with E-state index in [1.54, 1.807) is 31.4 Å². The van der Waals surface area contributed by atoms with Gasteiger partial charge in [0.2, 0.25) is 5.78 Å². The lowest BCUT2D eigenvalue weighted by Crippen LogP contribution is -2.28. The van der Waals surface area contributed by atoms with E-state index < -0.39 is 6.03 Å². The fourth-order valence-corrected chi connectivity index (χ4v) is 5.23. The number of ketones is 1. The zero-order chi connectivity index (χ0) is 28.6. The van der Waals surface area contributed by atoms with Crippen molar-refractivity contribution in [3.8, 4) is 28.8 Å². The highest BCUT2D eigenvalue weighted by atomic mass is 16.5. The number of fused-ring (bicyclic) bond motifs is 2. The minimum absolute atomic E-state index is 0.189. The number of allylic oxidation sites excluding steroid dienone is 1. The van der Waals surface area contributed by atoms with E-state index in [-0.39, 0.29) is 18.1 Å². The maximum Gasteiger partial charge on any atom is 0.312 e. The van der Waals surface area contributed by atoms with Gasteiger partial charge in [-0.1, -0.05) is 6.07 Å². The molecule has 2 aromatic carbocycles. The zero-order valence-electron chi connectivity index (χ0n) is 22.9. The fourth-order valence-electron chi connectivity index (χ4n) is 5.23. The molecule has 40 heavy (non-hydrogen) atoms. The highest BCUT2D eigenvalue weighted by Gasteiger charge is 2.30. The van der Waals surface area contributed by atoms with Crippen LogP contribution < -0.4 is 20.5 Å². The Morgan fingerprint density at radius 3 is 2.73 bits per heavy atom. The van der Waals surface area contributed by atoms with E-state index >= 15 is 0 Å². The van der Waals surface area contributed by atoms with Crippen LogP contribution in [-0.2, 0) is 20.1 Å². The number of unbranched alkanes of at least 4 members (excludes halogenated alkanes) is 1. The molecule has 0 saturated heterocycles. The molecule has 204 valence electrons. The Morgan fingerprint density at radius 1 is 1.25 bits per heavy atom. The molecule has 0 saturated carbocycles. The third-order valence-corrected chi connectivity index (χ3v) is 7.20. The summed E-state index contributed by atoms with van der Waals surface area (Å²) in [6.45, 7) is 4.78. The number of hydrogen-bond acceptors (Lipinski definition) is 6. The molecule has 2 amide bonds. The number of nitriles is 1. The van der Waals surface area contributed by atoms with E-state index in [4.69, 9.17) is 15.2 Å². The molecule has 10 heteroatoms. The molecule has 5 rings (SSSR count). The summed E-state index contributed by atoms with van der Waals surface area (Å²) < 4.78 is 15.7. The molecule has 10 nitrogen and oxygen atoms in total. The summed E-state index contributed by atoms with van der Waals surface area (Å²) in [6.07, 6.45) is 2.87. The molecule has 4 aromatic rings. The maximum absolute atomic E-state index is 13.6. The number of ether oxygens (including phenoxy) is 2. The topological polar surface area (TPSA) is 137 Å². The second kappa shape index (κ2) is 10.6. The first-order valence-electron chi connectivity index (χ1n) is 12.9. The molecule has 3 N–H and O–H groups in total. The van der Waals surface area contributed by atoms with Crippen LogP contribution in [0.2, 0.25) is 0 Å². The number of methoxy groups -OCH3 is 1. The minimum atomic E-state index is -0.640. The number of nitrogens with zero attached hydrogens (tertiary/aromatic N) is 4. The molecular formula is C30H30N6O4. The monoisotopic (exact) mass is 538 g/mol. The number of nitrogens with two attached hydrogens (primary N) is 1. The van der Waals surface area contributed by atoms with Crippen molar-refractivity contribution in [1.82, 2.24) is 19.7 Å². The highest BCUT2D eigenvalue weighted by molar-refractivity contribution is 6.16. The Bertz CT molecular complexity index is 1740. The van der Waals surface area contributed by atoms with Crippen LogP contribution in [-0.4, -0.2) is 33.3 Å². The Labute approximate surface area is 231 Å². The summed E-state index contributed by atoms with van der Waals surface area (Å²) in [5, 5.41) is 17.3. The van der Waals surface area contributed by atoms with Crippen molar-refractivity contribution in [2.45, 2.75) is 39.8 Å². The number of carbonyl (C=O) groups excluding carboxylic acids is 2. The number of primary amides is 1. The first kappa shape index (κ1) is 26.6. The zero-order valence-corrected chi connectivity index (χ0v) is 22.9. The van der Waals surface area contributed by atoms with Gasteiger partial charge in [-0.25, -0.2) is 4.79 Å². The van der Waals surface area contributed by atoms with E-state index in [9.17, 15) is 14.9 Å². The van der Waals surface area contributed by atoms with Gasteiger partial charge in [0, 0.05) is 54.3 Å². The van der Waals surface area contributed by atoms with Crippen molar-refractivity contribution < 1.29 is 19.1 Å². The van der Waals surface area contributed by atoms with Crippen LogP contribution >= 0.6 is 0 Å². The molecule has 3 heterocycles. The van der Waals surface area contributed by atoms with Gasteiger partial charge in [-0.05, 0) is 62.2 Å². The molecule has 1 aliphatic rings. The maximum atomic E-state index is 13.6. The van der Waals surface area contributed by atoms with Crippen molar-refractivity contribution in [3.63, 3.8) is 0 Å². The number of urea groups is 1. The molecule has 0 atom stereocenters.